The first-order valence-electron chi connectivity index (χ1n) is 7.70. The van der Waals surface area contributed by atoms with Crippen LogP contribution in [0.3, 0.4) is 0 Å². The molecule has 7 heteroatoms. The van der Waals surface area contributed by atoms with E-state index in [4.69, 9.17) is 16.3 Å². The van der Waals surface area contributed by atoms with Gasteiger partial charge in [-0.3, -0.25) is 4.98 Å². The SMILES string of the molecule is N#Cc1cc(Br)cnc1N1CCC(COc2ccncc2Cl)CC1. The molecule has 24 heavy (non-hydrogen) atoms. The van der Waals surface area contributed by atoms with Crippen molar-refractivity contribution in [2.75, 3.05) is 24.6 Å². The predicted octanol–water partition coefficient (Wildman–Crippen LogP) is 4.06. The average Bonchev–Trinajstić information content (AvgIpc) is 2.61. The molecule has 0 radical (unpaired) electrons. The molecule has 1 aliphatic heterocycles. The summed E-state index contributed by atoms with van der Waals surface area (Å²) in [5, 5.41) is 9.82. The lowest BCUT2D eigenvalue weighted by molar-refractivity contribution is 0.222. The van der Waals surface area contributed by atoms with Gasteiger partial charge in [0.15, 0.2) is 0 Å². The van der Waals surface area contributed by atoms with Gasteiger partial charge in [-0.1, -0.05) is 11.6 Å². The predicted molar refractivity (Wildman–Crippen MR) is 96.3 cm³/mol. The molecule has 5 nitrogen and oxygen atoms in total. The highest BCUT2D eigenvalue weighted by molar-refractivity contribution is 9.10. The smallest absolute Gasteiger partial charge is 0.146 e. The van der Waals surface area contributed by atoms with Gasteiger partial charge in [-0.15, -0.1) is 0 Å². The highest BCUT2D eigenvalue weighted by atomic mass is 79.9. The van der Waals surface area contributed by atoms with Crippen LogP contribution in [-0.4, -0.2) is 29.7 Å². The van der Waals surface area contributed by atoms with Crippen LogP contribution in [0.25, 0.3) is 0 Å². The van der Waals surface area contributed by atoms with Crippen molar-refractivity contribution in [1.82, 2.24) is 9.97 Å². The molecule has 2 aromatic rings. The molecule has 0 amide bonds. The molecule has 0 atom stereocenters. The van der Waals surface area contributed by atoms with Crippen LogP contribution >= 0.6 is 27.5 Å². The van der Waals surface area contributed by atoms with E-state index in [1.165, 1.54) is 0 Å². The maximum atomic E-state index is 9.29. The van der Waals surface area contributed by atoms with Crippen molar-refractivity contribution >= 4 is 33.3 Å². The van der Waals surface area contributed by atoms with Crippen LogP contribution in [-0.2, 0) is 0 Å². The second kappa shape index (κ2) is 7.82. The Balaban J connectivity index is 1.57. The summed E-state index contributed by atoms with van der Waals surface area (Å²) in [6.45, 7) is 2.36. The molecule has 0 unspecified atom stereocenters. The van der Waals surface area contributed by atoms with Crippen LogP contribution < -0.4 is 9.64 Å². The topological polar surface area (TPSA) is 62.0 Å². The van der Waals surface area contributed by atoms with E-state index in [1.54, 1.807) is 24.7 Å². The Kier molecular flexibility index (Phi) is 5.54. The summed E-state index contributed by atoms with van der Waals surface area (Å²) >= 11 is 9.41. The molecule has 124 valence electrons. The standard InChI is InChI=1S/C17H16BrClN4O/c18-14-7-13(8-20)17(22-9-14)23-5-2-12(3-6-23)11-24-16-1-4-21-10-15(16)19/h1,4,7,9-10,12H,2-3,5-6,11H2. The van der Waals surface area contributed by atoms with Crippen LogP contribution in [0.1, 0.15) is 18.4 Å². The lowest BCUT2D eigenvalue weighted by Gasteiger charge is -2.33. The average molecular weight is 408 g/mol. The van der Waals surface area contributed by atoms with Crippen molar-refractivity contribution in [2.45, 2.75) is 12.8 Å². The zero-order valence-corrected chi connectivity index (χ0v) is 15.3. The van der Waals surface area contributed by atoms with Crippen molar-refractivity contribution < 1.29 is 4.74 Å². The molecular formula is C17H16BrClN4O. The number of hydrogen-bond donors (Lipinski definition) is 0. The Bertz CT molecular complexity index is 756. The number of piperidine rings is 1. The van der Waals surface area contributed by atoms with Crippen LogP contribution in [0.2, 0.25) is 5.02 Å². The minimum Gasteiger partial charge on any atom is -0.492 e. The third kappa shape index (κ3) is 3.97. The normalized spacial score (nSPS) is 15.1. The zero-order valence-electron chi connectivity index (χ0n) is 13.0. The number of pyridine rings is 2. The number of nitrogens with zero attached hydrogens (tertiary/aromatic N) is 4. The fraction of sp³-hybridized carbons (Fsp3) is 0.353. The minimum absolute atomic E-state index is 0.464. The summed E-state index contributed by atoms with van der Waals surface area (Å²) in [6, 6.07) is 5.81. The molecule has 0 saturated carbocycles. The minimum atomic E-state index is 0.464. The Labute approximate surface area is 154 Å². The highest BCUT2D eigenvalue weighted by Crippen LogP contribution is 2.28. The molecule has 1 fully saturated rings. The van der Waals surface area contributed by atoms with Crippen LogP contribution in [0.4, 0.5) is 5.82 Å². The van der Waals surface area contributed by atoms with E-state index >= 15 is 0 Å². The van der Waals surface area contributed by atoms with Gasteiger partial charge in [-0.05, 0) is 40.8 Å². The van der Waals surface area contributed by atoms with Gasteiger partial charge in [0.25, 0.3) is 0 Å². The Morgan fingerprint density at radius 1 is 1.38 bits per heavy atom. The van der Waals surface area contributed by atoms with Crippen LogP contribution in [0, 0.1) is 17.2 Å². The van der Waals surface area contributed by atoms with Gasteiger partial charge in [0.05, 0.1) is 12.2 Å². The number of aromatic nitrogens is 2. The van der Waals surface area contributed by atoms with E-state index in [1.807, 2.05) is 6.07 Å². The molecular weight excluding hydrogens is 392 g/mol. The molecule has 0 aliphatic carbocycles. The van der Waals surface area contributed by atoms with Crippen LogP contribution in [0.5, 0.6) is 5.75 Å². The lowest BCUT2D eigenvalue weighted by Crippen LogP contribution is -2.36. The second-order valence-corrected chi connectivity index (χ2v) is 7.01. The Morgan fingerprint density at radius 3 is 2.88 bits per heavy atom. The molecule has 1 saturated heterocycles. The van der Waals surface area contributed by atoms with Gasteiger partial charge in [0.2, 0.25) is 0 Å². The van der Waals surface area contributed by atoms with E-state index in [9.17, 15) is 5.26 Å². The van der Waals surface area contributed by atoms with Crippen molar-refractivity contribution in [3.8, 4) is 11.8 Å². The first-order chi connectivity index (χ1) is 11.7. The number of hydrogen-bond acceptors (Lipinski definition) is 5. The van der Waals surface area contributed by atoms with E-state index in [0.29, 0.717) is 28.9 Å². The van der Waals surface area contributed by atoms with Gasteiger partial charge < -0.3 is 9.64 Å². The summed E-state index contributed by atoms with van der Waals surface area (Å²) < 4.78 is 6.63. The molecule has 3 heterocycles. The summed E-state index contributed by atoms with van der Waals surface area (Å²) in [4.78, 5) is 10.5. The third-order valence-electron chi connectivity index (χ3n) is 4.08. The van der Waals surface area contributed by atoms with E-state index in [2.05, 4.69) is 36.9 Å². The van der Waals surface area contributed by atoms with Crippen molar-refractivity contribution in [1.29, 1.82) is 5.26 Å². The number of halogens is 2. The van der Waals surface area contributed by atoms with Gasteiger partial charge in [0.1, 0.15) is 22.7 Å². The fourth-order valence-electron chi connectivity index (χ4n) is 2.76. The van der Waals surface area contributed by atoms with Gasteiger partial charge in [-0.25, -0.2) is 4.98 Å². The third-order valence-corrected chi connectivity index (χ3v) is 4.80. The lowest BCUT2D eigenvalue weighted by atomic mass is 9.97. The molecule has 1 aliphatic rings. The number of nitriles is 1. The Hall–Kier alpha value is -1.84. The first kappa shape index (κ1) is 17.0. The first-order valence-corrected chi connectivity index (χ1v) is 8.87. The fourth-order valence-corrected chi connectivity index (χ4v) is 3.27. The molecule has 0 aromatic carbocycles. The number of rotatable bonds is 4. The zero-order chi connectivity index (χ0) is 16.9. The largest absolute Gasteiger partial charge is 0.492 e. The van der Waals surface area contributed by atoms with Crippen molar-refractivity contribution in [3.63, 3.8) is 0 Å². The highest BCUT2D eigenvalue weighted by Gasteiger charge is 2.23. The Morgan fingerprint density at radius 2 is 2.17 bits per heavy atom. The van der Waals surface area contributed by atoms with E-state index in [-0.39, 0.29) is 0 Å². The molecule has 3 rings (SSSR count). The second-order valence-electron chi connectivity index (χ2n) is 5.68. The summed E-state index contributed by atoms with van der Waals surface area (Å²) in [5.74, 6) is 1.90. The van der Waals surface area contributed by atoms with E-state index < -0.39 is 0 Å². The van der Waals surface area contributed by atoms with Crippen molar-refractivity contribution in [2.24, 2.45) is 5.92 Å². The van der Waals surface area contributed by atoms with Gasteiger partial charge in [-0.2, -0.15) is 5.26 Å². The molecule has 0 spiro atoms. The summed E-state index contributed by atoms with van der Waals surface area (Å²) in [5.41, 5.74) is 0.600. The number of anilines is 1. The summed E-state index contributed by atoms with van der Waals surface area (Å²) in [6.07, 6.45) is 6.97. The quantitative estimate of drug-likeness (QED) is 0.765. The maximum absolute atomic E-state index is 9.29. The van der Waals surface area contributed by atoms with E-state index in [0.717, 1.165) is 36.2 Å². The van der Waals surface area contributed by atoms with Gasteiger partial charge in [0, 0.05) is 42.2 Å². The van der Waals surface area contributed by atoms with Crippen LogP contribution in [0.15, 0.2) is 35.2 Å². The molecule has 0 bridgehead atoms. The number of ether oxygens (including phenoxy) is 1. The monoisotopic (exact) mass is 406 g/mol. The molecule has 2 aromatic heterocycles. The van der Waals surface area contributed by atoms with Gasteiger partial charge >= 0.3 is 0 Å². The van der Waals surface area contributed by atoms with Crippen molar-refractivity contribution in [3.05, 3.63) is 45.8 Å². The summed E-state index contributed by atoms with van der Waals surface area (Å²) in [7, 11) is 0. The molecule has 0 N–H and O–H groups in total. The maximum Gasteiger partial charge on any atom is 0.146 e.